The molecular formula is C12H8N2OS. The number of benzene rings is 2. The van der Waals surface area contributed by atoms with Crippen molar-refractivity contribution in [3.63, 3.8) is 0 Å². The smallest absolute Gasteiger partial charge is 0.269 e. The summed E-state index contributed by atoms with van der Waals surface area (Å²) in [5.74, 6) is -0.471. The van der Waals surface area contributed by atoms with Crippen molar-refractivity contribution in [3.8, 4) is 0 Å². The molecule has 2 N–H and O–H groups in total. The van der Waals surface area contributed by atoms with Gasteiger partial charge < -0.3 is 5.73 Å². The molecule has 4 heteroatoms. The average molecular weight is 228 g/mol. The van der Waals surface area contributed by atoms with Crippen molar-refractivity contribution in [2.24, 2.45) is 5.73 Å². The summed E-state index contributed by atoms with van der Waals surface area (Å²) in [4.78, 5) is 11.2. The monoisotopic (exact) mass is 228 g/mol. The Labute approximate surface area is 95.7 Å². The van der Waals surface area contributed by atoms with Gasteiger partial charge in [0.05, 0.1) is 4.70 Å². The third-order valence-electron chi connectivity index (χ3n) is 2.60. The third kappa shape index (κ3) is 1.20. The van der Waals surface area contributed by atoms with Crippen molar-refractivity contribution in [1.29, 1.82) is 0 Å². The molecule has 0 aliphatic heterocycles. The van der Waals surface area contributed by atoms with Crippen LogP contribution in [0.3, 0.4) is 0 Å². The molecule has 0 aliphatic carbocycles. The summed E-state index contributed by atoms with van der Waals surface area (Å²) >= 11 is 1.32. The highest BCUT2D eigenvalue weighted by molar-refractivity contribution is 7.14. The molecule has 0 bridgehead atoms. The van der Waals surface area contributed by atoms with Crippen molar-refractivity contribution in [2.45, 2.75) is 0 Å². The van der Waals surface area contributed by atoms with Gasteiger partial charge in [-0.05, 0) is 16.9 Å². The van der Waals surface area contributed by atoms with E-state index in [0.29, 0.717) is 5.69 Å². The predicted octanol–water partition coefficient (Wildman–Crippen LogP) is 2.55. The van der Waals surface area contributed by atoms with E-state index >= 15 is 0 Å². The van der Waals surface area contributed by atoms with Gasteiger partial charge >= 0.3 is 0 Å². The molecule has 0 saturated heterocycles. The number of rotatable bonds is 1. The number of amides is 1. The summed E-state index contributed by atoms with van der Waals surface area (Å²) in [6, 6.07) is 11.9. The van der Waals surface area contributed by atoms with E-state index in [1.54, 1.807) is 0 Å². The third-order valence-corrected chi connectivity index (χ3v) is 3.49. The van der Waals surface area contributed by atoms with Crippen molar-refractivity contribution < 1.29 is 4.79 Å². The van der Waals surface area contributed by atoms with Gasteiger partial charge in [-0.2, -0.15) is 4.37 Å². The Morgan fingerprint density at radius 2 is 1.94 bits per heavy atom. The summed E-state index contributed by atoms with van der Waals surface area (Å²) in [6.45, 7) is 0. The molecule has 2 aromatic carbocycles. The molecule has 0 atom stereocenters. The summed E-state index contributed by atoms with van der Waals surface area (Å²) in [5.41, 5.74) is 5.64. The largest absolute Gasteiger partial charge is 0.364 e. The van der Waals surface area contributed by atoms with Crippen LogP contribution >= 0.6 is 11.5 Å². The first-order valence-electron chi connectivity index (χ1n) is 4.84. The van der Waals surface area contributed by atoms with Crippen LogP contribution in [0.25, 0.3) is 20.9 Å². The number of hydrogen-bond acceptors (Lipinski definition) is 3. The van der Waals surface area contributed by atoms with Gasteiger partial charge in [-0.1, -0.05) is 36.4 Å². The maximum absolute atomic E-state index is 11.2. The zero-order chi connectivity index (χ0) is 11.1. The number of carbonyl (C=O) groups excluding carboxylic acids is 1. The van der Waals surface area contributed by atoms with Crippen LogP contribution in [0.4, 0.5) is 0 Å². The van der Waals surface area contributed by atoms with Crippen molar-refractivity contribution in [3.05, 3.63) is 42.1 Å². The van der Waals surface area contributed by atoms with Crippen LogP contribution in [0.2, 0.25) is 0 Å². The molecule has 1 amide bonds. The van der Waals surface area contributed by atoms with Crippen LogP contribution in [0.1, 0.15) is 10.5 Å². The average Bonchev–Trinajstić information content (AvgIpc) is 2.73. The predicted molar refractivity (Wildman–Crippen MR) is 65.6 cm³/mol. The lowest BCUT2D eigenvalue weighted by molar-refractivity contribution is 0.0998. The molecule has 3 rings (SSSR count). The van der Waals surface area contributed by atoms with Crippen LogP contribution in [0.15, 0.2) is 36.4 Å². The van der Waals surface area contributed by atoms with Gasteiger partial charge in [0, 0.05) is 10.8 Å². The summed E-state index contributed by atoms with van der Waals surface area (Å²) in [7, 11) is 0. The van der Waals surface area contributed by atoms with E-state index in [4.69, 9.17) is 5.73 Å². The molecule has 78 valence electrons. The summed E-state index contributed by atoms with van der Waals surface area (Å²) < 4.78 is 5.13. The molecule has 0 aliphatic rings. The second kappa shape index (κ2) is 3.28. The molecule has 3 nitrogen and oxygen atoms in total. The van der Waals surface area contributed by atoms with Gasteiger partial charge in [-0.15, -0.1) is 0 Å². The van der Waals surface area contributed by atoms with Crippen LogP contribution in [0.5, 0.6) is 0 Å². The second-order valence-electron chi connectivity index (χ2n) is 3.56. The maximum atomic E-state index is 11.2. The number of aromatic nitrogens is 1. The Balaban J connectivity index is 2.49. The van der Waals surface area contributed by atoms with E-state index in [2.05, 4.69) is 4.37 Å². The molecule has 0 spiro atoms. The first-order chi connectivity index (χ1) is 7.77. The lowest BCUT2D eigenvalue weighted by Gasteiger charge is -1.98. The lowest BCUT2D eigenvalue weighted by Crippen LogP contribution is -2.11. The molecular weight excluding hydrogens is 220 g/mol. The summed E-state index contributed by atoms with van der Waals surface area (Å²) in [6.07, 6.45) is 0. The zero-order valence-corrected chi connectivity index (χ0v) is 9.12. The summed E-state index contributed by atoms with van der Waals surface area (Å²) in [5, 5.41) is 3.11. The van der Waals surface area contributed by atoms with Crippen LogP contribution in [0, 0.1) is 0 Å². The first kappa shape index (κ1) is 9.30. The molecule has 0 saturated carbocycles. The molecule has 0 radical (unpaired) electrons. The van der Waals surface area contributed by atoms with E-state index in [9.17, 15) is 4.79 Å². The van der Waals surface area contributed by atoms with E-state index in [-0.39, 0.29) is 0 Å². The van der Waals surface area contributed by atoms with E-state index < -0.39 is 5.91 Å². The van der Waals surface area contributed by atoms with Gasteiger partial charge in [-0.25, -0.2) is 0 Å². The molecule has 16 heavy (non-hydrogen) atoms. The second-order valence-corrected chi connectivity index (χ2v) is 4.33. The van der Waals surface area contributed by atoms with Gasteiger partial charge in [0.25, 0.3) is 5.91 Å². The minimum Gasteiger partial charge on any atom is -0.364 e. The molecule has 1 aromatic heterocycles. The number of hydrogen-bond donors (Lipinski definition) is 1. The Kier molecular flexibility index (Phi) is 1.91. The first-order valence-corrected chi connectivity index (χ1v) is 5.61. The molecule has 3 aromatic rings. The highest BCUT2D eigenvalue weighted by atomic mass is 32.1. The van der Waals surface area contributed by atoms with Gasteiger partial charge in [-0.3, -0.25) is 4.79 Å². The Morgan fingerprint density at radius 1 is 1.12 bits per heavy atom. The van der Waals surface area contributed by atoms with Gasteiger partial charge in [0.15, 0.2) is 0 Å². The molecule has 1 heterocycles. The highest BCUT2D eigenvalue weighted by Crippen LogP contribution is 2.30. The topological polar surface area (TPSA) is 56.0 Å². The molecule has 0 unspecified atom stereocenters. The zero-order valence-electron chi connectivity index (χ0n) is 8.31. The quantitative estimate of drug-likeness (QED) is 0.695. The number of nitrogens with two attached hydrogens (primary N) is 1. The SMILES string of the molecule is NC(=O)c1nsc2c1ccc1ccccc12. The Morgan fingerprint density at radius 3 is 2.75 bits per heavy atom. The Hall–Kier alpha value is -1.94. The number of fused-ring (bicyclic) bond motifs is 3. The maximum Gasteiger partial charge on any atom is 0.269 e. The number of nitrogens with zero attached hydrogens (tertiary/aromatic N) is 1. The van der Waals surface area contributed by atoms with Crippen LogP contribution in [-0.4, -0.2) is 10.3 Å². The number of primary amides is 1. The standard InChI is InChI=1S/C12H8N2OS/c13-12(15)10-9-6-5-7-3-1-2-4-8(7)11(9)16-14-10/h1-6H,(H2,13,15). The highest BCUT2D eigenvalue weighted by Gasteiger charge is 2.12. The minimum atomic E-state index is -0.471. The van der Waals surface area contributed by atoms with Crippen LogP contribution < -0.4 is 5.73 Å². The Bertz CT molecular complexity index is 702. The normalized spacial score (nSPS) is 11.0. The van der Waals surface area contributed by atoms with Crippen LogP contribution in [-0.2, 0) is 0 Å². The van der Waals surface area contributed by atoms with Gasteiger partial charge in [0.2, 0.25) is 0 Å². The fourth-order valence-electron chi connectivity index (χ4n) is 1.85. The lowest BCUT2D eigenvalue weighted by atomic mass is 10.1. The minimum absolute atomic E-state index is 0.366. The fourth-order valence-corrected chi connectivity index (χ4v) is 2.76. The molecule has 0 fully saturated rings. The van der Waals surface area contributed by atoms with E-state index in [0.717, 1.165) is 20.9 Å². The van der Waals surface area contributed by atoms with E-state index in [1.165, 1.54) is 11.5 Å². The van der Waals surface area contributed by atoms with Crippen molar-refractivity contribution in [2.75, 3.05) is 0 Å². The van der Waals surface area contributed by atoms with E-state index in [1.807, 2.05) is 36.4 Å². The number of carbonyl (C=O) groups is 1. The van der Waals surface area contributed by atoms with Crippen molar-refractivity contribution >= 4 is 38.3 Å². The van der Waals surface area contributed by atoms with Crippen molar-refractivity contribution in [1.82, 2.24) is 4.37 Å². The fraction of sp³-hybridized carbons (Fsp3) is 0. The van der Waals surface area contributed by atoms with Gasteiger partial charge in [0.1, 0.15) is 5.69 Å².